The molecule has 1 unspecified atom stereocenters. The molecule has 1 atom stereocenters. The van der Waals surface area contributed by atoms with Crippen molar-refractivity contribution >= 4 is 23.5 Å². The third-order valence-corrected chi connectivity index (χ3v) is 4.20. The van der Waals surface area contributed by atoms with E-state index in [-0.39, 0.29) is 0 Å². The second-order valence-corrected chi connectivity index (χ2v) is 6.02. The Bertz CT molecular complexity index is 717. The molecule has 11 heteroatoms. The zero-order chi connectivity index (χ0) is 19.2. The number of amides is 1. The Morgan fingerprint density at radius 3 is 2.16 bits per heavy atom. The molecule has 0 aromatic heterocycles. The van der Waals surface area contributed by atoms with Crippen molar-refractivity contribution in [2.45, 2.75) is 18.8 Å². The van der Waals surface area contributed by atoms with Gasteiger partial charge in [0.15, 0.2) is 5.41 Å². The largest absolute Gasteiger partial charge is 0.481 e. The third-order valence-electron chi connectivity index (χ3n) is 3.98. The van der Waals surface area contributed by atoms with Crippen LogP contribution in [0.4, 0.5) is 26.3 Å². The van der Waals surface area contributed by atoms with E-state index in [2.05, 4.69) is 0 Å². The van der Waals surface area contributed by atoms with Crippen LogP contribution < -0.4 is 0 Å². The van der Waals surface area contributed by atoms with Gasteiger partial charge in [-0.3, -0.25) is 9.59 Å². The smallest absolute Gasteiger partial charge is 0.416 e. The Hall–Kier alpha value is -1.97. The molecule has 1 aromatic carbocycles. The maximum atomic E-state index is 13.1. The molecule has 0 saturated carbocycles. The molecular weight excluding hydrogens is 380 g/mol. The van der Waals surface area contributed by atoms with Crippen LogP contribution in [0.3, 0.4) is 0 Å². The van der Waals surface area contributed by atoms with Crippen LogP contribution in [0.1, 0.15) is 22.3 Å². The highest BCUT2D eigenvalue weighted by molar-refractivity contribution is 6.31. The molecule has 1 fully saturated rings. The number of likely N-dealkylation sites (tertiary alicyclic amines) is 1. The molecular formula is C14H10ClF6NO3. The quantitative estimate of drug-likeness (QED) is 0.782. The van der Waals surface area contributed by atoms with E-state index in [4.69, 9.17) is 16.7 Å². The first-order valence-electron chi connectivity index (χ1n) is 6.75. The topological polar surface area (TPSA) is 57.6 Å². The summed E-state index contributed by atoms with van der Waals surface area (Å²) in [6.07, 6.45) is -10.8. The van der Waals surface area contributed by atoms with Gasteiger partial charge in [-0.05, 0) is 24.6 Å². The molecule has 2 rings (SSSR count). The van der Waals surface area contributed by atoms with E-state index in [9.17, 15) is 35.9 Å². The molecule has 4 nitrogen and oxygen atoms in total. The van der Waals surface area contributed by atoms with E-state index in [0.717, 1.165) is 6.07 Å². The number of hydrogen-bond acceptors (Lipinski definition) is 2. The number of hydrogen-bond donors (Lipinski definition) is 1. The zero-order valence-electron chi connectivity index (χ0n) is 12.2. The van der Waals surface area contributed by atoms with Crippen molar-refractivity contribution < 1.29 is 41.0 Å². The van der Waals surface area contributed by atoms with Gasteiger partial charge >= 0.3 is 18.3 Å². The molecule has 1 aliphatic rings. The van der Waals surface area contributed by atoms with Gasteiger partial charge in [0, 0.05) is 23.7 Å². The van der Waals surface area contributed by atoms with Crippen LogP contribution in [0, 0.1) is 5.41 Å². The van der Waals surface area contributed by atoms with Crippen LogP contribution in [0.15, 0.2) is 18.2 Å². The number of aliphatic carboxylic acids is 1. The standard InChI is InChI=1S/C14H10ClF6NO3/c15-9-4-7(3-8(5-9)13(16,17)18)10(23)22-2-1-12(6-22,11(24)25)14(19,20)21/h3-5H,1-2,6H2,(H,24,25). The van der Waals surface area contributed by atoms with Crippen molar-refractivity contribution in [3.63, 3.8) is 0 Å². The van der Waals surface area contributed by atoms with E-state index < -0.39 is 65.3 Å². The van der Waals surface area contributed by atoms with Crippen molar-refractivity contribution in [1.29, 1.82) is 0 Å². The molecule has 1 N–H and O–H groups in total. The van der Waals surface area contributed by atoms with Crippen LogP contribution >= 0.6 is 11.6 Å². The Morgan fingerprint density at radius 2 is 1.72 bits per heavy atom. The van der Waals surface area contributed by atoms with E-state index in [1.54, 1.807) is 0 Å². The lowest BCUT2D eigenvalue weighted by molar-refractivity contribution is -0.227. The summed E-state index contributed by atoms with van der Waals surface area (Å²) < 4.78 is 77.6. The highest BCUT2D eigenvalue weighted by Crippen LogP contribution is 2.46. The van der Waals surface area contributed by atoms with Gasteiger partial charge in [0.1, 0.15) is 0 Å². The van der Waals surface area contributed by atoms with E-state index in [0.29, 0.717) is 17.0 Å². The lowest BCUT2D eigenvalue weighted by Gasteiger charge is -2.27. The molecule has 0 radical (unpaired) electrons. The lowest BCUT2D eigenvalue weighted by atomic mass is 9.86. The zero-order valence-corrected chi connectivity index (χ0v) is 13.0. The highest BCUT2D eigenvalue weighted by atomic mass is 35.5. The van der Waals surface area contributed by atoms with Crippen LogP contribution in [-0.2, 0) is 11.0 Å². The molecule has 1 heterocycles. The van der Waals surface area contributed by atoms with Gasteiger partial charge in [0.05, 0.1) is 5.56 Å². The number of benzene rings is 1. The average Bonchev–Trinajstić information content (AvgIpc) is 2.91. The third kappa shape index (κ3) is 3.53. The maximum Gasteiger partial charge on any atom is 0.416 e. The first kappa shape index (κ1) is 19.4. The van der Waals surface area contributed by atoms with Crippen LogP contribution in [0.25, 0.3) is 0 Å². The number of rotatable bonds is 2. The maximum absolute atomic E-state index is 13.1. The second kappa shape index (κ2) is 6.08. The molecule has 0 bridgehead atoms. The van der Waals surface area contributed by atoms with Crippen molar-refractivity contribution in [3.05, 3.63) is 34.3 Å². The number of carboxylic acids is 1. The average molecular weight is 390 g/mol. The molecule has 1 saturated heterocycles. The molecule has 1 amide bonds. The molecule has 138 valence electrons. The van der Waals surface area contributed by atoms with Crippen molar-refractivity contribution in [2.75, 3.05) is 13.1 Å². The number of halogens is 7. The van der Waals surface area contributed by atoms with Crippen LogP contribution in [-0.4, -0.2) is 41.1 Å². The number of carboxylic acid groups (broad SMARTS) is 1. The molecule has 1 aliphatic heterocycles. The van der Waals surface area contributed by atoms with Crippen molar-refractivity contribution in [2.24, 2.45) is 5.41 Å². The second-order valence-electron chi connectivity index (χ2n) is 5.59. The fraction of sp³-hybridized carbons (Fsp3) is 0.429. The number of nitrogens with zero attached hydrogens (tertiary/aromatic N) is 1. The predicted molar refractivity (Wildman–Crippen MR) is 73.1 cm³/mol. The summed E-state index contributed by atoms with van der Waals surface area (Å²) in [4.78, 5) is 23.9. The van der Waals surface area contributed by atoms with E-state index in [1.165, 1.54) is 0 Å². The van der Waals surface area contributed by atoms with Gasteiger partial charge in [0.2, 0.25) is 0 Å². The number of alkyl halides is 6. The number of carbonyl (C=O) groups is 2. The highest BCUT2D eigenvalue weighted by Gasteiger charge is 2.64. The molecule has 0 spiro atoms. The van der Waals surface area contributed by atoms with E-state index in [1.807, 2.05) is 0 Å². The Kier molecular flexibility index (Phi) is 4.71. The van der Waals surface area contributed by atoms with Gasteiger partial charge in [0.25, 0.3) is 5.91 Å². The van der Waals surface area contributed by atoms with Crippen molar-refractivity contribution in [1.82, 2.24) is 4.90 Å². The summed E-state index contributed by atoms with van der Waals surface area (Å²) in [6, 6.07) is 1.91. The fourth-order valence-electron chi connectivity index (χ4n) is 2.57. The number of carbonyl (C=O) groups excluding carboxylic acids is 1. The van der Waals surface area contributed by atoms with Gasteiger partial charge in [-0.2, -0.15) is 26.3 Å². The van der Waals surface area contributed by atoms with Crippen molar-refractivity contribution in [3.8, 4) is 0 Å². The lowest BCUT2D eigenvalue weighted by Crippen LogP contribution is -2.47. The Balaban J connectivity index is 2.35. The van der Waals surface area contributed by atoms with Gasteiger partial charge in [-0.25, -0.2) is 0 Å². The molecule has 0 aliphatic carbocycles. The van der Waals surface area contributed by atoms with Gasteiger partial charge in [-0.15, -0.1) is 0 Å². The van der Waals surface area contributed by atoms with Crippen LogP contribution in [0.5, 0.6) is 0 Å². The van der Waals surface area contributed by atoms with Crippen LogP contribution in [0.2, 0.25) is 5.02 Å². The predicted octanol–water partition coefficient (Wildman–Crippen LogP) is 3.84. The minimum absolute atomic E-state index is 0.419. The fourth-order valence-corrected chi connectivity index (χ4v) is 2.80. The summed E-state index contributed by atoms with van der Waals surface area (Å²) >= 11 is 5.54. The summed E-state index contributed by atoms with van der Waals surface area (Å²) in [5.74, 6) is -3.29. The molecule has 1 aromatic rings. The normalized spacial score (nSPS) is 21.5. The first-order chi connectivity index (χ1) is 11.3. The Labute approximate surface area is 142 Å². The Morgan fingerprint density at radius 1 is 1.12 bits per heavy atom. The summed E-state index contributed by atoms with van der Waals surface area (Å²) in [5, 5.41) is 8.52. The minimum atomic E-state index is -5.11. The van der Waals surface area contributed by atoms with Gasteiger partial charge < -0.3 is 10.0 Å². The first-order valence-corrected chi connectivity index (χ1v) is 7.13. The summed E-state index contributed by atoms with van der Waals surface area (Å²) in [5.41, 5.74) is -4.94. The summed E-state index contributed by atoms with van der Waals surface area (Å²) in [7, 11) is 0. The SMILES string of the molecule is O=C(c1cc(Cl)cc(C(F)(F)F)c1)N1CCC(C(=O)O)(C(F)(F)F)C1. The summed E-state index contributed by atoms with van der Waals surface area (Å²) in [6.45, 7) is -1.74. The minimum Gasteiger partial charge on any atom is -0.481 e. The monoisotopic (exact) mass is 389 g/mol. The van der Waals surface area contributed by atoms with Gasteiger partial charge in [-0.1, -0.05) is 11.6 Å². The van der Waals surface area contributed by atoms with E-state index >= 15 is 0 Å². The molecule has 25 heavy (non-hydrogen) atoms.